The summed E-state index contributed by atoms with van der Waals surface area (Å²) in [6.07, 6.45) is 1.87. The molecule has 0 radical (unpaired) electrons. The van der Waals surface area contributed by atoms with Crippen LogP contribution in [0, 0.1) is 0 Å². The molecule has 0 bridgehead atoms. The van der Waals surface area contributed by atoms with Crippen LogP contribution in [0.4, 0.5) is 0 Å². The van der Waals surface area contributed by atoms with E-state index in [0.29, 0.717) is 0 Å². The van der Waals surface area contributed by atoms with Crippen molar-refractivity contribution >= 4 is 54.5 Å². The highest BCUT2D eigenvalue weighted by molar-refractivity contribution is 6.22. The van der Waals surface area contributed by atoms with Gasteiger partial charge in [0.1, 0.15) is 11.2 Å². The van der Waals surface area contributed by atoms with Gasteiger partial charge in [-0.05, 0) is 111 Å². The average molecular weight is 653 g/mol. The van der Waals surface area contributed by atoms with Gasteiger partial charge in [0.25, 0.3) is 0 Å². The minimum atomic E-state index is -0.167. The number of benzene rings is 7. The standard InChI is InChI=1S/C48H32N2O/c1-48(2)40-27-32(42-12-7-8-24-49-42)14-19-35(40)36-20-18-33(28-41(36)48)50-43-21-16-30(26-39(43)47-34-10-4-3-9-29(34)15-22-44(47)50)31-17-23-46-38(25-31)37-11-5-6-13-45(37)51-46/h3-28H,1-2H3. The average Bonchev–Trinajstić information content (AvgIpc) is 3.80. The molecule has 1 aliphatic rings. The Labute approximate surface area is 295 Å². The van der Waals surface area contributed by atoms with Gasteiger partial charge in [-0.25, -0.2) is 0 Å². The Hall–Kier alpha value is -6.45. The summed E-state index contributed by atoms with van der Waals surface area (Å²) in [5.41, 5.74) is 15.1. The molecule has 3 aromatic heterocycles. The molecule has 0 N–H and O–H groups in total. The lowest BCUT2D eigenvalue weighted by molar-refractivity contribution is 0.660. The Kier molecular flexibility index (Phi) is 5.73. The zero-order chi connectivity index (χ0) is 33.8. The molecule has 0 atom stereocenters. The molecule has 11 rings (SSSR count). The van der Waals surface area contributed by atoms with Crippen molar-refractivity contribution in [3.63, 3.8) is 0 Å². The Morgan fingerprint density at radius 3 is 2.06 bits per heavy atom. The predicted molar refractivity (Wildman–Crippen MR) is 212 cm³/mol. The van der Waals surface area contributed by atoms with Crippen molar-refractivity contribution in [2.75, 3.05) is 0 Å². The predicted octanol–water partition coefficient (Wildman–Crippen LogP) is 12.9. The largest absolute Gasteiger partial charge is 0.456 e. The van der Waals surface area contributed by atoms with Gasteiger partial charge in [0, 0.05) is 44.4 Å². The van der Waals surface area contributed by atoms with Crippen LogP contribution in [0.25, 0.3) is 93.7 Å². The lowest BCUT2D eigenvalue weighted by atomic mass is 9.81. The van der Waals surface area contributed by atoms with E-state index >= 15 is 0 Å². The number of pyridine rings is 1. The number of furan rings is 1. The minimum Gasteiger partial charge on any atom is -0.456 e. The van der Waals surface area contributed by atoms with Gasteiger partial charge in [-0.1, -0.05) is 98.8 Å². The van der Waals surface area contributed by atoms with Gasteiger partial charge < -0.3 is 8.98 Å². The van der Waals surface area contributed by atoms with Crippen LogP contribution in [0.5, 0.6) is 0 Å². The molecular weight excluding hydrogens is 621 g/mol. The molecule has 0 fully saturated rings. The molecule has 240 valence electrons. The van der Waals surface area contributed by atoms with E-state index in [1.165, 1.54) is 71.6 Å². The van der Waals surface area contributed by atoms with E-state index in [-0.39, 0.29) is 5.41 Å². The Bertz CT molecular complexity index is 3050. The van der Waals surface area contributed by atoms with Crippen molar-refractivity contribution in [2.45, 2.75) is 19.3 Å². The second-order valence-corrected chi connectivity index (χ2v) is 14.4. The fourth-order valence-electron chi connectivity index (χ4n) is 8.71. The maximum atomic E-state index is 6.16. The molecule has 3 nitrogen and oxygen atoms in total. The van der Waals surface area contributed by atoms with Crippen LogP contribution in [0.1, 0.15) is 25.0 Å². The molecule has 0 spiro atoms. The van der Waals surface area contributed by atoms with Crippen molar-refractivity contribution in [1.82, 2.24) is 9.55 Å². The SMILES string of the molecule is CC1(C)c2cc(-c3ccccn3)ccc2-c2ccc(-n3c4ccc(-c5ccc6oc7ccccc7c6c5)cc4c4c5ccccc5ccc43)cc21. The molecule has 10 aromatic rings. The van der Waals surface area contributed by atoms with Crippen LogP contribution in [0.15, 0.2) is 162 Å². The highest BCUT2D eigenvalue weighted by Gasteiger charge is 2.36. The van der Waals surface area contributed by atoms with Gasteiger partial charge in [0.05, 0.1) is 16.7 Å². The van der Waals surface area contributed by atoms with E-state index in [0.717, 1.165) is 33.2 Å². The Morgan fingerprint density at radius 2 is 1.20 bits per heavy atom. The summed E-state index contributed by atoms with van der Waals surface area (Å²) in [5.74, 6) is 0. The summed E-state index contributed by atoms with van der Waals surface area (Å²) in [7, 11) is 0. The van der Waals surface area contributed by atoms with E-state index in [9.17, 15) is 0 Å². The topological polar surface area (TPSA) is 31.0 Å². The lowest BCUT2D eigenvalue weighted by Crippen LogP contribution is -2.15. The summed E-state index contributed by atoms with van der Waals surface area (Å²) < 4.78 is 8.62. The quantitative estimate of drug-likeness (QED) is 0.190. The van der Waals surface area contributed by atoms with E-state index in [1.54, 1.807) is 0 Å². The van der Waals surface area contributed by atoms with Crippen LogP contribution >= 0.6 is 0 Å². The Morgan fingerprint density at radius 1 is 0.510 bits per heavy atom. The van der Waals surface area contributed by atoms with Gasteiger partial charge in [-0.3, -0.25) is 4.98 Å². The van der Waals surface area contributed by atoms with E-state index < -0.39 is 0 Å². The zero-order valence-electron chi connectivity index (χ0n) is 28.3. The van der Waals surface area contributed by atoms with Crippen LogP contribution in [-0.2, 0) is 5.41 Å². The lowest BCUT2D eigenvalue weighted by Gasteiger charge is -2.23. The zero-order valence-corrected chi connectivity index (χ0v) is 28.3. The molecule has 3 heterocycles. The third kappa shape index (κ3) is 4.03. The number of hydrogen-bond donors (Lipinski definition) is 0. The van der Waals surface area contributed by atoms with Crippen molar-refractivity contribution in [3.8, 4) is 39.2 Å². The number of aromatic nitrogens is 2. The maximum Gasteiger partial charge on any atom is 0.135 e. The third-order valence-corrected chi connectivity index (χ3v) is 11.2. The second-order valence-electron chi connectivity index (χ2n) is 14.4. The van der Waals surface area contributed by atoms with Crippen LogP contribution in [0.2, 0.25) is 0 Å². The number of nitrogens with zero attached hydrogens (tertiary/aromatic N) is 2. The van der Waals surface area contributed by atoms with Gasteiger partial charge in [-0.15, -0.1) is 0 Å². The highest BCUT2D eigenvalue weighted by atomic mass is 16.3. The van der Waals surface area contributed by atoms with Gasteiger partial charge in [-0.2, -0.15) is 0 Å². The van der Waals surface area contributed by atoms with Gasteiger partial charge >= 0.3 is 0 Å². The third-order valence-electron chi connectivity index (χ3n) is 11.2. The maximum absolute atomic E-state index is 6.16. The molecule has 0 saturated carbocycles. The molecule has 0 unspecified atom stereocenters. The van der Waals surface area contributed by atoms with Crippen molar-refractivity contribution in [1.29, 1.82) is 0 Å². The summed E-state index contributed by atoms with van der Waals surface area (Å²) in [6, 6.07) is 55.2. The molecule has 1 aliphatic carbocycles. The van der Waals surface area contributed by atoms with Crippen molar-refractivity contribution < 1.29 is 4.42 Å². The minimum absolute atomic E-state index is 0.167. The molecule has 51 heavy (non-hydrogen) atoms. The van der Waals surface area contributed by atoms with Crippen LogP contribution < -0.4 is 0 Å². The van der Waals surface area contributed by atoms with Crippen molar-refractivity contribution in [3.05, 3.63) is 169 Å². The molecule has 7 aromatic carbocycles. The first kappa shape index (κ1) is 28.4. The molecular formula is C48H32N2O. The Balaban J connectivity index is 1.11. The van der Waals surface area contributed by atoms with Crippen LogP contribution in [-0.4, -0.2) is 9.55 Å². The summed E-state index contributed by atoms with van der Waals surface area (Å²) in [5, 5.41) is 7.33. The smallest absolute Gasteiger partial charge is 0.135 e. The molecule has 3 heteroatoms. The number of hydrogen-bond acceptors (Lipinski definition) is 2. The fourth-order valence-corrected chi connectivity index (χ4v) is 8.71. The molecule has 0 saturated heterocycles. The van der Waals surface area contributed by atoms with Gasteiger partial charge in [0.2, 0.25) is 0 Å². The summed E-state index contributed by atoms with van der Waals surface area (Å²) >= 11 is 0. The van der Waals surface area contributed by atoms with Gasteiger partial charge in [0.15, 0.2) is 0 Å². The van der Waals surface area contributed by atoms with E-state index in [4.69, 9.17) is 4.42 Å². The first-order valence-corrected chi connectivity index (χ1v) is 17.6. The fraction of sp³-hybridized carbons (Fsp3) is 0.0625. The second kappa shape index (κ2) is 10.3. The van der Waals surface area contributed by atoms with E-state index in [1.807, 2.05) is 24.4 Å². The van der Waals surface area contributed by atoms with Crippen molar-refractivity contribution in [2.24, 2.45) is 0 Å². The summed E-state index contributed by atoms with van der Waals surface area (Å²) in [4.78, 5) is 4.64. The van der Waals surface area contributed by atoms with Crippen LogP contribution in [0.3, 0.4) is 0 Å². The normalized spacial score (nSPS) is 13.5. The van der Waals surface area contributed by atoms with E-state index in [2.05, 4.69) is 157 Å². The monoisotopic (exact) mass is 652 g/mol. The first-order chi connectivity index (χ1) is 25.0. The number of rotatable bonds is 3. The number of fused-ring (bicyclic) bond motifs is 11. The summed E-state index contributed by atoms with van der Waals surface area (Å²) in [6.45, 7) is 4.71. The first-order valence-electron chi connectivity index (χ1n) is 17.6. The molecule has 0 aliphatic heterocycles. The molecule has 0 amide bonds. The highest BCUT2D eigenvalue weighted by Crippen LogP contribution is 2.51. The number of para-hydroxylation sites is 1.